The second kappa shape index (κ2) is 8.78. The van der Waals surface area contributed by atoms with Crippen LogP contribution in [-0.2, 0) is 6.61 Å². The van der Waals surface area contributed by atoms with Crippen LogP contribution in [0.5, 0.6) is 11.5 Å². The normalized spacial score (nSPS) is 10.6. The Morgan fingerprint density at radius 2 is 1.88 bits per heavy atom. The molecule has 0 unspecified atom stereocenters. The molecule has 3 aromatic rings. The second-order valence-electron chi connectivity index (χ2n) is 5.27. The van der Waals surface area contributed by atoms with E-state index in [9.17, 15) is 0 Å². The minimum atomic E-state index is 0.361. The second-order valence-corrected chi connectivity index (χ2v) is 6.77. The quantitative estimate of drug-likeness (QED) is 0.463. The molecular formula is C18H18ClN3O2S. The average Bonchev–Trinajstić information content (AvgIpc) is 3.07. The molecule has 1 N–H and O–H groups in total. The lowest BCUT2D eigenvalue weighted by molar-refractivity contribution is 0.294. The number of halogens is 1. The van der Waals surface area contributed by atoms with Crippen LogP contribution in [0.4, 0.5) is 0 Å². The summed E-state index contributed by atoms with van der Waals surface area (Å²) in [6, 6.07) is 15.2. The third kappa shape index (κ3) is 5.41. The van der Waals surface area contributed by atoms with Crippen molar-refractivity contribution in [3.8, 4) is 11.5 Å². The van der Waals surface area contributed by atoms with Crippen molar-refractivity contribution in [1.29, 1.82) is 0 Å². The summed E-state index contributed by atoms with van der Waals surface area (Å²) in [5.41, 5.74) is 1.09. The average molecular weight is 376 g/mol. The summed E-state index contributed by atoms with van der Waals surface area (Å²) >= 11 is 7.37. The Balaban J connectivity index is 1.41. The van der Waals surface area contributed by atoms with Crippen molar-refractivity contribution in [3.05, 3.63) is 64.9 Å². The largest absolute Gasteiger partial charge is 0.493 e. The van der Waals surface area contributed by atoms with Gasteiger partial charge in [-0.25, -0.2) is 4.98 Å². The molecule has 0 saturated carbocycles. The van der Waals surface area contributed by atoms with Crippen molar-refractivity contribution < 1.29 is 9.47 Å². The SMILES string of the molecule is Cc1ccccc1OCc1nc(SCCOc2ccc(Cl)cc2)n[nH]1. The fourth-order valence-electron chi connectivity index (χ4n) is 2.09. The molecule has 2 aromatic carbocycles. The van der Waals surface area contributed by atoms with Crippen LogP contribution in [0, 0.1) is 6.92 Å². The number of hydrogen-bond donors (Lipinski definition) is 1. The maximum absolute atomic E-state index is 5.84. The summed E-state index contributed by atoms with van der Waals surface area (Å²) < 4.78 is 11.4. The number of hydrogen-bond acceptors (Lipinski definition) is 5. The predicted octanol–water partition coefficient (Wildman–Crippen LogP) is 4.52. The summed E-state index contributed by atoms with van der Waals surface area (Å²) in [5.74, 6) is 3.10. The molecule has 0 aliphatic carbocycles. The fourth-order valence-corrected chi connectivity index (χ4v) is 2.85. The summed E-state index contributed by atoms with van der Waals surface area (Å²) in [6.45, 7) is 2.94. The molecule has 1 aromatic heterocycles. The molecular weight excluding hydrogens is 358 g/mol. The molecule has 0 aliphatic heterocycles. The lowest BCUT2D eigenvalue weighted by Crippen LogP contribution is -2.00. The van der Waals surface area contributed by atoms with Gasteiger partial charge < -0.3 is 9.47 Å². The molecule has 130 valence electrons. The number of rotatable bonds is 8. The van der Waals surface area contributed by atoms with E-state index < -0.39 is 0 Å². The van der Waals surface area contributed by atoms with Crippen molar-refractivity contribution in [2.24, 2.45) is 0 Å². The van der Waals surface area contributed by atoms with Crippen LogP contribution in [0.2, 0.25) is 5.02 Å². The zero-order valence-corrected chi connectivity index (χ0v) is 15.3. The first-order chi connectivity index (χ1) is 12.2. The standard InChI is InChI=1S/C18H18ClN3O2S/c1-13-4-2-3-5-16(13)24-12-17-20-18(22-21-17)25-11-10-23-15-8-6-14(19)7-9-15/h2-9H,10-12H2,1H3,(H,20,21,22). The van der Waals surface area contributed by atoms with Gasteiger partial charge in [0.2, 0.25) is 5.16 Å². The lowest BCUT2D eigenvalue weighted by Gasteiger charge is -2.06. The van der Waals surface area contributed by atoms with Crippen LogP contribution in [-0.4, -0.2) is 27.5 Å². The third-order valence-corrected chi connectivity index (χ3v) is 4.43. The number of para-hydroxylation sites is 1. The molecule has 0 radical (unpaired) electrons. The Labute approximate surface area is 155 Å². The summed E-state index contributed by atoms with van der Waals surface area (Å²) in [4.78, 5) is 4.41. The van der Waals surface area contributed by atoms with E-state index in [1.54, 1.807) is 12.1 Å². The molecule has 0 saturated heterocycles. The van der Waals surface area contributed by atoms with E-state index in [1.807, 2.05) is 43.3 Å². The summed E-state index contributed by atoms with van der Waals surface area (Å²) in [6.07, 6.45) is 0. The molecule has 0 amide bonds. The van der Waals surface area contributed by atoms with Crippen molar-refractivity contribution in [2.45, 2.75) is 18.7 Å². The molecule has 0 atom stereocenters. The highest BCUT2D eigenvalue weighted by molar-refractivity contribution is 7.99. The fraction of sp³-hybridized carbons (Fsp3) is 0.222. The Bertz CT molecular complexity index is 808. The molecule has 5 nitrogen and oxygen atoms in total. The summed E-state index contributed by atoms with van der Waals surface area (Å²) in [5, 5.41) is 8.46. The van der Waals surface area contributed by atoms with E-state index in [4.69, 9.17) is 21.1 Å². The number of H-pyrrole nitrogens is 1. The number of nitrogens with zero attached hydrogens (tertiary/aromatic N) is 2. The molecule has 1 heterocycles. The third-order valence-electron chi connectivity index (χ3n) is 3.37. The van der Waals surface area contributed by atoms with Crippen LogP contribution in [0.25, 0.3) is 0 Å². The van der Waals surface area contributed by atoms with Gasteiger partial charge in [0, 0.05) is 10.8 Å². The molecule has 0 aliphatic rings. The van der Waals surface area contributed by atoms with Crippen LogP contribution in [0.15, 0.2) is 53.7 Å². The highest BCUT2D eigenvalue weighted by atomic mass is 35.5. The molecule has 7 heteroatoms. The molecule has 25 heavy (non-hydrogen) atoms. The van der Waals surface area contributed by atoms with E-state index in [2.05, 4.69) is 15.2 Å². The number of aryl methyl sites for hydroxylation is 1. The van der Waals surface area contributed by atoms with Crippen LogP contribution >= 0.6 is 23.4 Å². The van der Waals surface area contributed by atoms with E-state index in [1.165, 1.54) is 11.8 Å². The Morgan fingerprint density at radius 1 is 1.08 bits per heavy atom. The topological polar surface area (TPSA) is 60.0 Å². The number of nitrogens with one attached hydrogen (secondary N) is 1. The first-order valence-electron chi connectivity index (χ1n) is 7.81. The number of thioether (sulfide) groups is 1. The minimum absolute atomic E-state index is 0.361. The maximum Gasteiger partial charge on any atom is 0.208 e. The van der Waals surface area contributed by atoms with E-state index in [-0.39, 0.29) is 0 Å². The van der Waals surface area contributed by atoms with E-state index in [0.717, 1.165) is 22.8 Å². The zero-order valence-electron chi connectivity index (χ0n) is 13.7. The first kappa shape index (κ1) is 17.6. The number of aromatic amines is 1. The van der Waals surface area contributed by atoms with Crippen molar-refractivity contribution in [1.82, 2.24) is 15.2 Å². The van der Waals surface area contributed by atoms with Gasteiger partial charge in [-0.2, -0.15) is 0 Å². The predicted molar refractivity (Wildman–Crippen MR) is 99.6 cm³/mol. The van der Waals surface area contributed by atoms with Gasteiger partial charge in [-0.1, -0.05) is 41.6 Å². The van der Waals surface area contributed by atoms with Crippen molar-refractivity contribution in [2.75, 3.05) is 12.4 Å². The first-order valence-corrected chi connectivity index (χ1v) is 9.18. The number of aromatic nitrogens is 3. The van der Waals surface area contributed by atoms with Gasteiger partial charge in [-0.15, -0.1) is 5.10 Å². The maximum atomic E-state index is 5.84. The van der Waals surface area contributed by atoms with Crippen LogP contribution in [0.1, 0.15) is 11.4 Å². The highest BCUT2D eigenvalue weighted by Gasteiger charge is 2.06. The van der Waals surface area contributed by atoms with Gasteiger partial charge in [0.25, 0.3) is 0 Å². The van der Waals surface area contributed by atoms with Crippen molar-refractivity contribution in [3.63, 3.8) is 0 Å². The smallest absolute Gasteiger partial charge is 0.208 e. The summed E-state index contributed by atoms with van der Waals surface area (Å²) in [7, 11) is 0. The lowest BCUT2D eigenvalue weighted by atomic mass is 10.2. The van der Waals surface area contributed by atoms with Gasteiger partial charge in [0.1, 0.15) is 18.1 Å². The van der Waals surface area contributed by atoms with Crippen LogP contribution < -0.4 is 9.47 Å². The van der Waals surface area contributed by atoms with E-state index in [0.29, 0.717) is 29.2 Å². The Morgan fingerprint density at radius 3 is 2.68 bits per heavy atom. The molecule has 0 bridgehead atoms. The number of ether oxygens (including phenoxy) is 2. The van der Waals surface area contributed by atoms with Gasteiger partial charge in [0.15, 0.2) is 5.82 Å². The Kier molecular flexibility index (Phi) is 6.19. The van der Waals surface area contributed by atoms with Gasteiger partial charge in [-0.05, 0) is 42.8 Å². The monoisotopic (exact) mass is 375 g/mol. The van der Waals surface area contributed by atoms with Crippen LogP contribution in [0.3, 0.4) is 0 Å². The molecule has 0 fully saturated rings. The van der Waals surface area contributed by atoms with Gasteiger partial charge >= 0.3 is 0 Å². The van der Waals surface area contributed by atoms with Gasteiger partial charge in [-0.3, -0.25) is 5.10 Å². The molecule has 3 rings (SSSR count). The molecule has 0 spiro atoms. The number of benzene rings is 2. The minimum Gasteiger partial charge on any atom is -0.493 e. The van der Waals surface area contributed by atoms with Crippen molar-refractivity contribution >= 4 is 23.4 Å². The Hall–Kier alpha value is -2.18. The van der Waals surface area contributed by atoms with Gasteiger partial charge in [0.05, 0.1) is 6.61 Å². The zero-order chi connectivity index (χ0) is 17.5. The highest BCUT2D eigenvalue weighted by Crippen LogP contribution is 2.19. The van der Waals surface area contributed by atoms with E-state index >= 15 is 0 Å².